The molecule has 1 N–H and O–H groups in total. The van der Waals surface area contributed by atoms with Gasteiger partial charge in [0, 0.05) is 31.4 Å². The minimum absolute atomic E-state index is 0.0473. The fourth-order valence-electron chi connectivity index (χ4n) is 2.96. The number of hydrogen-bond donors (Lipinski definition) is 1. The van der Waals surface area contributed by atoms with Crippen molar-refractivity contribution in [1.82, 2.24) is 10.3 Å². The van der Waals surface area contributed by atoms with Crippen molar-refractivity contribution < 1.29 is 4.79 Å². The van der Waals surface area contributed by atoms with Crippen LogP contribution in [0.25, 0.3) is 0 Å². The normalized spacial score (nSPS) is 14.2. The van der Waals surface area contributed by atoms with Gasteiger partial charge in [-0.25, -0.2) is 4.98 Å². The molecule has 0 spiro atoms. The zero-order valence-electron chi connectivity index (χ0n) is 14.5. The van der Waals surface area contributed by atoms with Crippen molar-refractivity contribution in [3.63, 3.8) is 0 Å². The molecule has 1 amide bonds. The van der Waals surface area contributed by atoms with Crippen molar-refractivity contribution in [3.05, 3.63) is 59.3 Å². The standard InChI is InChI=1S/C20H25N3O/c1-15(2)17-6-8-18(9-7-17)20(24)22-14-16-5-10-19(21-13-16)23-11-3-4-12-23/h5-10,13,15H,3-4,11-12,14H2,1-2H3,(H,22,24). The lowest BCUT2D eigenvalue weighted by Gasteiger charge is -2.16. The Balaban J connectivity index is 1.55. The van der Waals surface area contributed by atoms with Crippen LogP contribution in [0.1, 0.15) is 54.1 Å². The molecule has 1 aromatic carbocycles. The first kappa shape index (κ1) is 16.5. The summed E-state index contributed by atoms with van der Waals surface area (Å²) in [6.45, 7) is 6.98. The van der Waals surface area contributed by atoms with Crippen LogP contribution >= 0.6 is 0 Å². The molecule has 0 unspecified atom stereocenters. The van der Waals surface area contributed by atoms with Crippen molar-refractivity contribution in [1.29, 1.82) is 0 Å². The lowest BCUT2D eigenvalue weighted by Crippen LogP contribution is -2.23. The first-order valence-corrected chi connectivity index (χ1v) is 8.71. The first-order valence-electron chi connectivity index (χ1n) is 8.71. The molecular weight excluding hydrogens is 298 g/mol. The highest BCUT2D eigenvalue weighted by atomic mass is 16.1. The number of carbonyl (C=O) groups is 1. The molecule has 1 fully saturated rings. The monoisotopic (exact) mass is 323 g/mol. The maximum atomic E-state index is 12.2. The van der Waals surface area contributed by atoms with E-state index in [0.29, 0.717) is 18.0 Å². The van der Waals surface area contributed by atoms with Gasteiger partial charge < -0.3 is 10.2 Å². The summed E-state index contributed by atoms with van der Waals surface area (Å²) >= 11 is 0. The summed E-state index contributed by atoms with van der Waals surface area (Å²) in [5.74, 6) is 1.46. The summed E-state index contributed by atoms with van der Waals surface area (Å²) in [5.41, 5.74) is 2.96. The van der Waals surface area contributed by atoms with E-state index in [9.17, 15) is 4.79 Å². The van der Waals surface area contributed by atoms with Gasteiger partial charge in [0.25, 0.3) is 5.91 Å². The van der Waals surface area contributed by atoms with Crippen LogP contribution in [0, 0.1) is 0 Å². The number of anilines is 1. The van der Waals surface area contributed by atoms with E-state index in [1.807, 2.05) is 42.6 Å². The summed E-state index contributed by atoms with van der Waals surface area (Å²) in [6, 6.07) is 11.9. The molecule has 4 heteroatoms. The average Bonchev–Trinajstić information content (AvgIpc) is 3.15. The van der Waals surface area contributed by atoms with E-state index >= 15 is 0 Å². The fourth-order valence-corrected chi connectivity index (χ4v) is 2.96. The molecule has 0 aliphatic carbocycles. The number of nitrogens with zero attached hydrogens (tertiary/aromatic N) is 2. The fraction of sp³-hybridized carbons (Fsp3) is 0.400. The zero-order chi connectivity index (χ0) is 16.9. The van der Waals surface area contributed by atoms with Crippen molar-refractivity contribution in [2.45, 2.75) is 39.2 Å². The van der Waals surface area contributed by atoms with Gasteiger partial charge in [0.2, 0.25) is 0 Å². The Morgan fingerprint density at radius 2 is 1.83 bits per heavy atom. The summed E-state index contributed by atoms with van der Waals surface area (Å²) in [5, 5.41) is 2.96. The van der Waals surface area contributed by atoms with Gasteiger partial charge in [0.1, 0.15) is 5.82 Å². The minimum Gasteiger partial charge on any atom is -0.357 e. The smallest absolute Gasteiger partial charge is 0.251 e. The van der Waals surface area contributed by atoms with Gasteiger partial charge >= 0.3 is 0 Å². The Bertz CT molecular complexity index is 671. The predicted octanol–water partition coefficient (Wildman–Crippen LogP) is 3.74. The lowest BCUT2D eigenvalue weighted by molar-refractivity contribution is 0.0951. The van der Waals surface area contributed by atoms with Gasteiger partial charge in [0.15, 0.2) is 0 Å². The van der Waals surface area contributed by atoms with Crippen LogP contribution in [-0.4, -0.2) is 24.0 Å². The highest BCUT2D eigenvalue weighted by Gasteiger charge is 2.13. The van der Waals surface area contributed by atoms with Gasteiger partial charge in [-0.1, -0.05) is 32.0 Å². The van der Waals surface area contributed by atoms with Crippen LogP contribution in [0.5, 0.6) is 0 Å². The van der Waals surface area contributed by atoms with Gasteiger partial charge in [-0.05, 0) is 48.1 Å². The molecule has 4 nitrogen and oxygen atoms in total. The maximum Gasteiger partial charge on any atom is 0.251 e. The highest BCUT2D eigenvalue weighted by Crippen LogP contribution is 2.18. The van der Waals surface area contributed by atoms with E-state index in [-0.39, 0.29) is 5.91 Å². The van der Waals surface area contributed by atoms with Gasteiger partial charge in [-0.2, -0.15) is 0 Å². The number of nitrogens with one attached hydrogen (secondary N) is 1. The quantitative estimate of drug-likeness (QED) is 0.912. The molecule has 2 heterocycles. The van der Waals surface area contributed by atoms with Crippen LogP contribution in [0.15, 0.2) is 42.6 Å². The molecular formula is C20H25N3O. The Hall–Kier alpha value is -2.36. The van der Waals surface area contributed by atoms with Crippen LogP contribution in [0.3, 0.4) is 0 Å². The van der Waals surface area contributed by atoms with E-state index in [1.165, 1.54) is 18.4 Å². The van der Waals surface area contributed by atoms with Crippen molar-refractivity contribution in [2.75, 3.05) is 18.0 Å². The molecule has 24 heavy (non-hydrogen) atoms. The van der Waals surface area contributed by atoms with E-state index in [4.69, 9.17) is 0 Å². The topological polar surface area (TPSA) is 45.2 Å². The number of carbonyl (C=O) groups excluding carboxylic acids is 1. The highest BCUT2D eigenvalue weighted by molar-refractivity contribution is 5.94. The second kappa shape index (κ2) is 7.47. The third-order valence-corrected chi connectivity index (χ3v) is 4.53. The number of pyridine rings is 1. The molecule has 1 saturated heterocycles. The molecule has 1 aliphatic rings. The number of aromatic nitrogens is 1. The van der Waals surface area contributed by atoms with Crippen molar-refractivity contribution >= 4 is 11.7 Å². The number of benzene rings is 1. The Morgan fingerprint density at radius 1 is 1.12 bits per heavy atom. The van der Waals surface area contributed by atoms with E-state index in [2.05, 4.69) is 29.0 Å². The summed E-state index contributed by atoms with van der Waals surface area (Å²) < 4.78 is 0. The van der Waals surface area contributed by atoms with Crippen LogP contribution in [-0.2, 0) is 6.54 Å². The molecule has 3 rings (SSSR count). The predicted molar refractivity (Wildman–Crippen MR) is 97.4 cm³/mol. The molecule has 0 atom stereocenters. The number of rotatable bonds is 5. The van der Waals surface area contributed by atoms with E-state index < -0.39 is 0 Å². The largest absolute Gasteiger partial charge is 0.357 e. The van der Waals surface area contributed by atoms with Crippen molar-refractivity contribution in [2.24, 2.45) is 0 Å². The average molecular weight is 323 g/mol. The minimum atomic E-state index is -0.0473. The zero-order valence-corrected chi connectivity index (χ0v) is 14.5. The first-order chi connectivity index (χ1) is 11.6. The van der Waals surface area contributed by atoms with Crippen LogP contribution in [0.4, 0.5) is 5.82 Å². The van der Waals surface area contributed by atoms with Gasteiger partial charge in [-0.15, -0.1) is 0 Å². The SMILES string of the molecule is CC(C)c1ccc(C(=O)NCc2ccc(N3CCCC3)nc2)cc1. The second-order valence-corrected chi connectivity index (χ2v) is 6.68. The van der Waals surface area contributed by atoms with E-state index in [0.717, 1.165) is 24.5 Å². The molecule has 0 bridgehead atoms. The maximum absolute atomic E-state index is 12.2. The third-order valence-electron chi connectivity index (χ3n) is 4.53. The third kappa shape index (κ3) is 3.94. The summed E-state index contributed by atoms with van der Waals surface area (Å²) in [6.07, 6.45) is 4.35. The Kier molecular flexibility index (Phi) is 5.14. The Labute approximate surface area is 143 Å². The van der Waals surface area contributed by atoms with E-state index in [1.54, 1.807) is 0 Å². The number of hydrogen-bond acceptors (Lipinski definition) is 3. The van der Waals surface area contributed by atoms with Crippen LogP contribution < -0.4 is 10.2 Å². The van der Waals surface area contributed by atoms with Gasteiger partial charge in [-0.3, -0.25) is 4.79 Å². The molecule has 2 aromatic rings. The van der Waals surface area contributed by atoms with Crippen LogP contribution in [0.2, 0.25) is 0 Å². The summed E-state index contributed by atoms with van der Waals surface area (Å²) in [4.78, 5) is 19.1. The molecule has 0 saturated carbocycles. The lowest BCUT2D eigenvalue weighted by atomic mass is 10.0. The molecule has 1 aromatic heterocycles. The van der Waals surface area contributed by atoms with Crippen molar-refractivity contribution in [3.8, 4) is 0 Å². The Morgan fingerprint density at radius 3 is 2.42 bits per heavy atom. The van der Waals surface area contributed by atoms with Gasteiger partial charge in [0.05, 0.1) is 0 Å². The number of amides is 1. The molecule has 0 radical (unpaired) electrons. The second-order valence-electron chi connectivity index (χ2n) is 6.68. The molecule has 1 aliphatic heterocycles. The molecule has 126 valence electrons. The summed E-state index contributed by atoms with van der Waals surface area (Å²) in [7, 11) is 0.